The number of imidazole rings is 1. The summed E-state index contributed by atoms with van der Waals surface area (Å²) in [6.07, 6.45) is -6.51. The van der Waals surface area contributed by atoms with Gasteiger partial charge in [-0.3, -0.25) is 9.59 Å². The molecule has 0 spiro atoms. The molecule has 3 rings (SSSR count). The molecule has 0 radical (unpaired) electrons. The number of nitrogens with one attached hydrogen (secondary N) is 1. The molecule has 192 valence electrons. The van der Waals surface area contributed by atoms with Gasteiger partial charge in [0.05, 0.1) is 12.0 Å². The summed E-state index contributed by atoms with van der Waals surface area (Å²) in [7, 11) is 1.49. The van der Waals surface area contributed by atoms with E-state index in [0.29, 0.717) is 19.3 Å². The Bertz CT molecular complexity index is 1070. The third-order valence-electron chi connectivity index (χ3n) is 5.81. The van der Waals surface area contributed by atoms with Gasteiger partial charge in [0.2, 0.25) is 5.91 Å². The number of anilines is 1. The zero-order valence-electron chi connectivity index (χ0n) is 18.9. The number of carbonyl (C=O) groups is 2. The third-order valence-corrected chi connectivity index (χ3v) is 5.81. The van der Waals surface area contributed by atoms with Crippen molar-refractivity contribution in [1.82, 2.24) is 14.5 Å². The molecule has 1 aromatic carbocycles. The molecule has 1 heterocycles. The van der Waals surface area contributed by atoms with Gasteiger partial charge < -0.3 is 19.5 Å². The van der Waals surface area contributed by atoms with E-state index in [9.17, 15) is 35.9 Å². The minimum Gasteiger partial charge on any atom is -0.406 e. The molecule has 13 heteroatoms. The zero-order chi connectivity index (χ0) is 26.0. The summed E-state index contributed by atoms with van der Waals surface area (Å²) >= 11 is 0. The van der Waals surface area contributed by atoms with Gasteiger partial charge in [0.15, 0.2) is 0 Å². The Morgan fingerprint density at radius 1 is 1.20 bits per heavy atom. The highest BCUT2D eigenvalue weighted by Gasteiger charge is 2.34. The van der Waals surface area contributed by atoms with Gasteiger partial charge in [-0.25, -0.2) is 4.98 Å². The molecule has 2 amide bonds. The number of nitrogens with zero attached hydrogens (tertiary/aromatic N) is 3. The number of aromatic nitrogens is 2. The van der Waals surface area contributed by atoms with E-state index < -0.39 is 42.6 Å². The number of halogens is 6. The number of ether oxygens (including phenoxy) is 1. The van der Waals surface area contributed by atoms with Crippen LogP contribution in [0.3, 0.4) is 0 Å². The van der Waals surface area contributed by atoms with Crippen molar-refractivity contribution in [2.24, 2.45) is 5.92 Å². The molecule has 1 aromatic heterocycles. The van der Waals surface area contributed by atoms with Crippen molar-refractivity contribution >= 4 is 17.6 Å². The lowest BCUT2D eigenvalue weighted by atomic mass is 9.84. The van der Waals surface area contributed by atoms with Gasteiger partial charge in [0.25, 0.3) is 5.91 Å². The molecular weight excluding hydrogens is 482 g/mol. The van der Waals surface area contributed by atoms with Crippen molar-refractivity contribution in [2.45, 2.75) is 57.7 Å². The van der Waals surface area contributed by atoms with Gasteiger partial charge in [0, 0.05) is 24.6 Å². The molecule has 0 bridgehead atoms. The Labute approximate surface area is 197 Å². The van der Waals surface area contributed by atoms with Gasteiger partial charge in [-0.1, -0.05) is 12.5 Å². The van der Waals surface area contributed by atoms with Crippen LogP contribution in [0.1, 0.15) is 41.7 Å². The molecule has 0 unspecified atom stereocenters. The average molecular weight is 506 g/mol. The topological polar surface area (TPSA) is 76.5 Å². The molecule has 7 nitrogen and oxygen atoms in total. The fraction of sp³-hybridized carbons (Fsp3) is 0.500. The Morgan fingerprint density at radius 3 is 2.57 bits per heavy atom. The first-order chi connectivity index (χ1) is 16.2. The molecule has 1 aliphatic carbocycles. The second-order valence-corrected chi connectivity index (χ2v) is 8.42. The highest BCUT2D eigenvalue weighted by Crippen LogP contribution is 2.31. The van der Waals surface area contributed by atoms with Gasteiger partial charge in [-0.15, -0.1) is 13.2 Å². The van der Waals surface area contributed by atoms with Crippen molar-refractivity contribution in [2.75, 3.05) is 12.4 Å². The number of amides is 2. The molecular formula is C22H24F6N4O3. The Morgan fingerprint density at radius 2 is 1.91 bits per heavy atom. The number of carbonyl (C=O) groups excluding carboxylic acids is 2. The molecule has 0 saturated heterocycles. The summed E-state index contributed by atoms with van der Waals surface area (Å²) in [5.74, 6) is -2.16. The molecule has 1 aliphatic rings. The van der Waals surface area contributed by atoms with Crippen LogP contribution in [0.5, 0.6) is 5.75 Å². The summed E-state index contributed by atoms with van der Waals surface area (Å²) < 4.78 is 80.6. The van der Waals surface area contributed by atoms with E-state index >= 15 is 0 Å². The molecule has 2 atom stereocenters. The van der Waals surface area contributed by atoms with Gasteiger partial charge >= 0.3 is 12.5 Å². The Hall–Kier alpha value is -3.25. The summed E-state index contributed by atoms with van der Waals surface area (Å²) in [4.78, 5) is 31.0. The number of benzene rings is 1. The standard InChI is InChI=1S/C22H24F6N4O3/c1-13-18(32(12-29-13)11-21(23,24)25)30-19(33)14-5-3-7-16(9-14)31(2)20(34)15-6-4-8-17(10-15)35-22(26,27)28/h4,6,8,10,12,14,16H,3,5,7,9,11H2,1-2H3,(H,30,33)/t14-,16+/m0/s1. The lowest BCUT2D eigenvalue weighted by Crippen LogP contribution is -2.42. The van der Waals surface area contributed by atoms with Gasteiger partial charge in [-0.2, -0.15) is 13.2 Å². The largest absolute Gasteiger partial charge is 0.573 e. The number of hydrogen-bond donors (Lipinski definition) is 1. The summed E-state index contributed by atoms with van der Waals surface area (Å²) in [5.41, 5.74) is 0.232. The maximum absolute atomic E-state index is 12.9. The van der Waals surface area contributed by atoms with Gasteiger partial charge in [0.1, 0.15) is 18.1 Å². The first-order valence-electron chi connectivity index (χ1n) is 10.8. The van der Waals surface area contributed by atoms with Crippen molar-refractivity contribution < 1.29 is 40.7 Å². The monoisotopic (exact) mass is 506 g/mol. The van der Waals surface area contributed by atoms with E-state index in [0.717, 1.165) is 23.0 Å². The average Bonchev–Trinajstić information content (AvgIpc) is 3.09. The van der Waals surface area contributed by atoms with E-state index in [1.165, 1.54) is 31.0 Å². The lowest BCUT2D eigenvalue weighted by Gasteiger charge is -2.35. The lowest BCUT2D eigenvalue weighted by molar-refractivity contribution is -0.274. The van der Waals surface area contributed by atoms with Crippen LogP contribution in [0.15, 0.2) is 30.6 Å². The fourth-order valence-electron chi connectivity index (χ4n) is 4.13. The van der Waals surface area contributed by atoms with Crippen LogP contribution in [0.25, 0.3) is 0 Å². The maximum Gasteiger partial charge on any atom is 0.573 e. The molecule has 0 aliphatic heterocycles. The van der Waals surface area contributed by atoms with Crippen molar-refractivity contribution in [3.63, 3.8) is 0 Å². The highest BCUT2D eigenvalue weighted by molar-refractivity contribution is 5.95. The van der Waals surface area contributed by atoms with Crippen molar-refractivity contribution in [1.29, 1.82) is 0 Å². The molecule has 2 aromatic rings. The molecule has 1 fully saturated rings. The van der Waals surface area contributed by atoms with Crippen LogP contribution in [-0.4, -0.2) is 51.9 Å². The van der Waals surface area contributed by atoms with E-state index in [4.69, 9.17) is 0 Å². The van der Waals surface area contributed by atoms with Crippen molar-refractivity contribution in [3.8, 4) is 5.75 Å². The minimum absolute atomic E-state index is 0.00694. The fourth-order valence-corrected chi connectivity index (χ4v) is 4.13. The van der Waals surface area contributed by atoms with Crippen LogP contribution in [-0.2, 0) is 11.3 Å². The zero-order valence-corrected chi connectivity index (χ0v) is 18.9. The third kappa shape index (κ3) is 7.12. The quantitative estimate of drug-likeness (QED) is 0.565. The SMILES string of the molecule is Cc1ncn(CC(F)(F)F)c1NC(=O)[C@H]1CCC[C@@H](N(C)C(=O)c2cccc(OC(F)(F)F)c2)C1. The highest BCUT2D eigenvalue weighted by atomic mass is 19.4. The second kappa shape index (κ2) is 10.2. The summed E-state index contributed by atoms with van der Waals surface area (Å²) in [6.45, 7) is 0.181. The Kier molecular flexibility index (Phi) is 7.65. The predicted molar refractivity (Wildman–Crippen MR) is 113 cm³/mol. The Balaban J connectivity index is 1.67. The van der Waals surface area contributed by atoms with Gasteiger partial charge in [-0.05, 0) is 44.4 Å². The molecule has 35 heavy (non-hydrogen) atoms. The van der Waals surface area contributed by atoms with E-state index in [-0.39, 0.29) is 29.5 Å². The van der Waals surface area contributed by atoms with E-state index in [2.05, 4.69) is 15.0 Å². The van der Waals surface area contributed by atoms with Crippen LogP contribution < -0.4 is 10.1 Å². The number of hydrogen-bond acceptors (Lipinski definition) is 4. The van der Waals surface area contributed by atoms with Crippen LogP contribution in [0, 0.1) is 12.8 Å². The van der Waals surface area contributed by atoms with Crippen LogP contribution in [0.4, 0.5) is 32.2 Å². The van der Waals surface area contributed by atoms with Crippen LogP contribution in [0.2, 0.25) is 0 Å². The van der Waals surface area contributed by atoms with E-state index in [1.807, 2.05) is 0 Å². The summed E-state index contributed by atoms with van der Waals surface area (Å²) in [5, 5.41) is 2.54. The summed E-state index contributed by atoms with van der Waals surface area (Å²) in [6, 6.07) is 4.31. The molecule has 1 N–H and O–H groups in total. The van der Waals surface area contributed by atoms with Crippen LogP contribution >= 0.6 is 0 Å². The van der Waals surface area contributed by atoms with E-state index in [1.54, 1.807) is 0 Å². The number of rotatable bonds is 6. The maximum atomic E-state index is 12.9. The number of alkyl halides is 6. The first-order valence-corrected chi connectivity index (χ1v) is 10.8. The normalized spacial score (nSPS) is 18.7. The smallest absolute Gasteiger partial charge is 0.406 e. The second-order valence-electron chi connectivity index (χ2n) is 8.42. The number of aryl methyl sites for hydroxylation is 1. The minimum atomic E-state index is -4.90. The molecule has 1 saturated carbocycles. The first kappa shape index (κ1) is 26.4. The predicted octanol–water partition coefficient (Wildman–Crippen LogP) is 4.92. The van der Waals surface area contributed by atoms with Crippen molar-refractivity contribution in [3.05, 3.63) is 41.9 Å².